The predicted molar refractivity (Wildman–Crippen MR) is 83.3 cm³/mol. The topological polar surface area (TPSA) is 40.5 Å². The number of nitrogens with zero attached hydrogens (tertiary/aromatic N) is 1. The van der Waals surface area contributed by atoms with Crippen LogP contribution in [0, 0.1) is 0 Å². The van der Waals surface area contributed by atoms with Crippen molar-refractivity contribution in [2.45, 2.75) is 19.4 Å². The number of hydrogen-bond acceptors (Lipinski definition) is 3. The highest BCUT2D eigenvalue weighted by Gasteiger charge is 2.30. The van der Waals surface area contributed by atoms with Crippen molar-refractivity contribution in [1.29, 1.82) is 0 Å². The van der Waals surface area contributed by atoms with E-state index >= 15 is 0 Å². The summed E-state index contributed by atoms with van der Waals surface area (Å²) in [6.07, 6.45) is 0.889. The normalized spacial score (nSPS) is 17.9. The van der Waals surface area contributed by atoms with Crippen molar-refractivity contribution in [3.8, 4) is 5.75 Å². The average Bonchev–Trinajstić information content (AvgIpc) is 2.87. The van der Waals surface area contributed by atoms with Gasteiger partial charge >= 0.3 is 0 Å². The van der Waals surface area contributed by atoms with E-state index in [4.69, 9.17) is 0 Å². The van der Waals surface area contributed by atoms with Crippen molar-refractivity contribution in [3.05, 3.63) is 50.1 Å². The Morgan fingerprint density at radius 1 is 1.45 bits per heavy atom. The number of carbonyl (C=O) groups is 1. The van der Waals surface area contributed by atoms with Crippen LogP contribution in [0.2, 0.25) is 0 Å². The van der Waals surface area contributed by atoms with Crippen LogP contribution in [-0.4, -0.2) is 22.5 Å². The number of hydrogen-bond donors (Lipinski definition) is 1. The zero-order valence-corrected chi connectivity index (χ0v) is 13.4. The molecule has 5 heteroatoms. The maximum absolute atomic E-state index is 12.6. The fourth-order valence-electron chi connectivity index (χ4n) is 2.63. The average molecular weight is 352 g/mol. The van der Waals surface area contributed by atoms with Crippen molar-refractivity contribution < 1.29 is 9.90 Å². The summed E-state index contributed by atoms with van der Waals surface area (Å²) in [5, 5.41) is 12.0. The van der Waals surface area contributed by atoms with Crippen LogP contribution >= 0.6 is 27.3 Å². The first-order chi connectivity index (χ1) is 9.58. The van der Waals surface area contributed by atoms with E-state index in [-0.39, 0.29) is 17.7 Å². The van der Waals surface area contributed by atoms with Crippen molar-refractivity contribution in [2.75, 3.05) is 6.54 Å². The van der Waals surface area contributed by atoms with Gasteiger partial charge < -0.3 is 10.0 Å². The Labute approximate surface area is 130 Å². The molecule has 1 N–H and O–H groups in total. The number of halogens is 1. The molecule has 3 nitrogen and oxygen atoms in total. The van der Waals surface area contributed by atoms with Gasteiger partial charge in [0.1, 0.15) is 5.75 Å². The van der Waals surface area contributed by atoms with Gasteiger partial charge in [-0.2, -0.15) is 0 Å². The summed E-state index contributed by atoms with van der Waals surface area (Å²) >= 11 is 5.04. The van der Waals surface area contributed by atoms with Gasteiger partial charge in [0.05, 0.1) is 11.6 Å². The summed E-state index contributed by atoms with van der Waals surface area (Å²) in [4.78, 5) is 15.8. The summed E-state index contributed by atoms with van der Waals surface area (Å²) in [6, 6.07) is 7.14. The molecule has 0 bridgehead atoms. The smallest absolute Gasteiger partial charge is 0.258 e. The van der Waals surface area contributed by atoms with Gasteiger partial charge in [0.25, 0.3) is 5.91 Å². The number of fused-ring (bicyclic) bond motifs is 1. The van der Waals surface area contributed by atoms with Gasteiger partial charge in [0.15, 0.2) is 0 Å². The second-order valence-corrected chi connectivity index (χ2v) is 6.80. The van der Waals surface area contributed by atoms with E-state index in [9.17, 15) is 9.90 Å². The number of carbonyl (C=O) groups excluding carboxylic acids is 1. The molecular weight excluding hydrogens is 338 g/mol. The maximum Gasteiger partial charge on any atom is 0.258 e. The van der Waals surface area contributed by atoms with Gasteiger partial charge in [0, 0.05) is 15.9 Å². The molecule has 3 rings (SSSR count). The Kier molecular flexibility index (Phi) is 3.56. The molecule has 0 radical (unpaired) electrons. The van der Waals surface area contributed by atoms with Crippen LogP contribution in [0.3, 0.4) is 0 Å². The number of phenolic OH excluding ortho intramolecular Hbond substituents is 1. The Bertz CT molecular complexity index is 668. The van der Waals surface area contributed by atoms with E-state index in [1.165, 1.54) is 10.4 Å². The summed E-state index contributed by atoms with van der Waals surface area (Å²) in [7, 11) is 0. The summed E-state index contributed by atoms with van der Waals surface area (Å²) in [5.74, 6) is -0.0907. The van der Waals surface area contributed by atoms with Gasteiger partial charge in [0.2, 0.25) is 0 Å². The van der Waals surface area contributed by atoms with Gasteiger partial charge in [-0.15, -0.1) is 11.3 Å². The quantitative estimate of drug-likeness (QED) is 0.844. The third-order valence-electron chi connectivity index (χ3n) is 3.73. The van der Waals surface area contributed by atoms with Gasteiger partial charge in [-0.3, -0.25) is 4.79 Å². The zero-order valence-electron chi connectivity index (χ0n) is 11.0. The van der Waals surface area contributed by atoms with Crippen LogP contribution in [-0.2, 0) is 6.42 Å². The van der Waals surface area contributed by atoms with Gasteiger partial charge in [-0.1, -0.05) is 15.9 Å². The molecule has 0 fully saturated rings. The standard InChI is InChI=1S/C15H14BrNO2S/c1-9-11-5-7-20-14(11)4-6-17(9)15(19)12-3-2-10(16)8-13(12)18/h2-3,5,7-9,18H,4,6H2,1H3. The number of aromatic hydroxyl groups is 1. The third kappa shape index (κ3) is 2.25. The van der Waals surface area contributed by atoms with Crippen LogP contribution < -0.4 is 0 Å². The number of amides is 1. The van der Waals surface area contributed by atoms with E-state index < -0.39 is 0 Å². The lowest BCUT2D eigenvalue weighted by molar-refractivity contribution is 0.0676. The molecule has 0 aliphatic carbocycles. The molecule has 1 aromatic carbocycles. The van der Waals surface area contributed by atoms with E-state index in [0.717, 1.165) is 10.9 Å². The first-order valence-corrected chi connectivity index (χ1v) is 8.11. The highest BCUT2D eigenvalue weighted by atomic mass is 79.9. The van der Waals surface area contributed by atoms with Gasteiger partial charge in [-0.25, -0.2) is 0 Å². The number of thiophene rings is 1. The number of rotatable bonds is 1. The van der Waals surface area contributed by atoms with Crippen LogP contribution in [0.1, 0.15) is 33.8 Å². The Hall–Kier alpha value is -1.33. The molecule has 104 valence electrons. The summed E-state index contributed by atoms with van der Waals surface area (Å²) in [5.41, 5.74) is 1.59. The monoisotopic (exact) mass is 351 g/mol. The van der Waals surface area contributed by atoms with Crippen LogP contribution in [0.15, 0.2) is 34.1 Å². The minimum absolute atomic E-state index is 0.0210. The molecule has 0 saturated carbocycles. The molecule has 2 aromatic rings. The van der Waals surface area contributed by atoms with E-state index in [1.807, 2.05) is 11.8 Å². The molecule has 1 aliphatic heterocycles. The molecular formula is C15H14BrNO2S. The molecule has 1 amide bonds. The largest absolute Gasteiger partial charge is 0.507 e. The first-order valence-electron chi connectivity index (χ1n) is 6.43. The Morgan fingerprint density at radius 3 is 3.00 bits per heavy atom. The molecule has 1 unspecified atom stereocenters. The van der Waals surface area contributed by atoms with E-state index in [1.54, 1.807) is 29.5 Å². The molecule has 1 aliphatic rings. The molecule has 2 heterocycles. The Morgan fingerprint density at radius 2 is 2.25 bits per heavy atom. The van der Waals surface area contributed by atoms with Crippen molar-refractivity contribution in [1.82, 2.24) is 4.90 Å². The van der Waals surface area contributed by atoms with Crippen molar-refractivity contribution in [3.63, 3.8) is 0 Å². The van der Waals surface area contributed by atoms with Gasteiger partial charge in [-0.05, 0) is 48.6 Å². The zero-order chi connectivity index (χ0) is 14.3. The van der Waals surface area contributed by atoms with Crippen molar-refractivity contribution >= 4 is 33.2 Å². The Balaban J connectivity index is 1.92. The fraction of sp³-hybridized carbons (Fsp3) is 0.267. The van der Waals surface area contributed by atoms with Crippen LogP contribution in [0.25, 0.3) is 0 Å². The maximum atomic E-state index is 12.6. The lowest BCUT2D eigenvalue weighted by atomic mass is 10.00. The minimum Gasteiger partial charge on any atom is -0.507 e. The lowest BCUT2D eigenvalue weighted by Gasteiger charge is -2.33. The van der Waals surface area contributed by atoms with E-state index in [2.05, 4.69) is 27.4 Å². The van der Waals surface area contributed by atoms with Crippen molar-refractivity contribution in [2.24, 2.45) is 0 Å². The highest BCUT2D eigenvalue weighted by molar-refractivity contribution is 9.10. The molecule has 1 atom stereocenters. The van der Waals surface area contributed by atoms with Crippen LogP contribution in [0.5, 0.6) is 5.75 Å². The lowest BCUT2D eigenvalue weighted by Crippen LogP contribution is -2.38. The second kappa shape index (κ2) is 5.22. The summed E-state index contributed by atoms with van der Waals surface area (Å²) < 4.78 is 0.762. The minimum atomic E-state index is -0.112. The molecule has 1 aromatic heterocycles. The SMILES string of the molecule is CC1c2ccsc2CCN1C(=O)c1ccc(Br)cc1O. The van der Waals surface area contributed by atoms with E-state index in [0.29, 0.717) is 12.1 Å². The second-order valence-electron chi connectivity index (χ2n) is 4.89. The summed E-state index contributed by atoms with van der Waals surface area (Å²) in [6.45, 7) is 2.74. The third-order valence-corrected chi connectivity index (χ3v) is 5.22. The molecule has 20 heavy (non-hydrogen) atoms. The highest BCUT2D eigenvalue weighted by Crippen LogP contribution is 2.35. The first kappa shape index (κ1) is 13.6. The predicted octanol–water partition coefficient (Wildman–Crippen LogP) is 3.98. The van der Waals surface area contributed by atoms with Crippen LogP contribution in [0.4, 0.5) is 0 Å². The number of benzene rings is 1. The fourth-order valence-corrected chi connectivity index (χ4v) is 3.94. The number of phenols is 1. The molecule has 0 spiro atoms. The molecule has 0 saturated heterocycles.